The van der Waals surface area contributed by atoms with Crippen molar-refractivity contribution in [2.45, 2.75) is 39.4 Å². The van der Waals surface area contributed by atoms with Crippen LogP contribution in [0.1, 0.15) is 30.5 Å². The van der Waals surface area contributed by atoms with Gasteiger partial charge in [-0.15, -0.1) is 0 Å². The molecule has 1 N–H and O–H groups in total. The number of methoxy groups -OCH3 is 1. The van der Waals surface area contributed by atoms with E-state index in [4.69, 9.17) is 4.74 Å². The molecule has 0 amide bonds. The normalized spacial score (nSPS) is 19.7. The van der Waals surface area contributed by atoms with Gasteiger partial charge in [-0.1, -0.05) is 13.0 Å². The van der Waals surface area contributed by atoms with Gasteiger partial charge in [-0.3, -0.25) is 4.90 Å². The summed E-state index contributed by atoms with van der Waals surface area (Å²) in [6.45, 7) is 7.31. The molecule has 2 rings (SSSR count). The van der Waals surface area contributed by atoms with Crippen LogP contribution in [0.15, 0.2) is 12.1 Å². The number of nitrogens with one attached hydrogen (secondary N) is 1. The second-order valence-corrected chi connectivity index (χ2v) is 5.18. The van der Waals surface area contributed by atoms with E-state index in [1.807, 2.05) is 0 Å². The van der Waals surface area contributed by atoms with Crippen LogP contribution >= 0.6 is 0 Å². The van der Waals surface area contributed by atoms with Crippen molar-refractivity contribution in [1.82, 2.24) is 10.2 Å². The lowest BCUT2D eigenvalue weighted by atomic mass is 9.93. The Balaban J connectivity index is 2.30. The molecule has 0 aromatic heterocycles. The van der Waals surface area contributed by atoms with Gasteiger partial charge in [0.25, 0.3) is 0 Å². The molecule has 1 aliphatic rings. The summed E-state index contributed by atoms with van der Waals surface area (Å²) in [5, 5.41) is 3.38. The lowest BCUT2D eigenvalue weighted by Crippen LogP contribution is -2.35. The van der Waals surface area contributed by atoms with Crippen molar-refractivity contribution in [3.8, 4) is 5.75 Å². The average Bonchev–Trinajstić information content (AvgIpc) is 2.37. The number of ether oxygens (including phenoxy) is 1. The average molecular weight is 248 g/mol. The van der Waals surface area contributed by atoms with E-state index >= 15 is 0 Å². The first-order valence-electron chi connectivity index (χ1n) is 6.75. The predicted octanol–water partition coefficient (Wildman–Crippen LogP) is 2.18. The molecule has 0 aliphatic carbocycles. The molecule has 1 aliphatic heterocycles. The van der Waals surface area contributed by atoms with Gasteiger partial charge in [0, 0.05) is 24.7 Å². The zero-order valence-corrected chi connectivity index (χ0v) is 11.9. The van der Waals surface area contributed by atoms with Crippen LogP contribution in [-0.4, -0.2) is 31.6 Å². The van der Waals surface area contributed by atoms with Gasteiger partial charge in [0.15, 0.2) is 0 Å². The molecule has 0 bridgehead atoms. The van der Waals surface area contributed by atoms with Crippen molar-refractivity contribution in [2.75, 3.05) is 20.7 Å². The maximum absolute atomic E-state index is 5.51. The van der Waals surface area contributed by atoms with Gasteiger partial charge in [-0.25, -0.2) is 0 Å². The molecule has 0 saturated heterocycles. The third kappa shape index (κ3) is 2.68. The highest BCUT2D eigenvalue weighted by molar-refractivity contribution is 5.44. The maximum atomic E-state index is 5.51. The van der Waals surface area contributed by atoms with Gasteiger partial charge < -0.3 is 10.1 Å². The summed E-state index contributed by atoms with van der Waals surface area (Å²) in [4.78, 5) is 2.39. The third-order valence-corrected chi connectivity index (χ3v) is 3.86. The van der Waals surface area contributed by atoms with Gasteiger partial charge in [-0.2, -0.15) is 0 Å². The van der Waals surface area contributed by atoms with Crippen LogP contribution in [0.4, 0.5) is 0 Å². The minimum atomic E-state index is 0.623. The Hall–Kier alpha value is -1.06. The van der Waals surface area contributed by atoms with Crippen LogP contribution < -0.4 is 10.1 Å². The quantitative estimate of drug-likeness (QED) is 0.884. The molecule has 3 nitrogen and oxygen atoms in total. The standard InChI is InChI=1S/C15H24N2O/c1-5-16-9-13-7-12-6-11(2)17(3)10-14(12)8-15(13)18-4/h7-8,11,16H,5-6,9-10H2,1-4H3. The van der Waals surface area contributed by atoms with E-state index in [2.05, 4.69) is 43.2 Å². The van der Waals surface area contributed by atoms with E-state index < -0.39 is 0 Å². The Kier molecular flexibility index (Phi) is 4.25. The Morgan fingerprint density at radius 3 is 2.83 bits per heavy atom. The van der Waals surface area contributed by atoms with Crippen LogP contribution in [-0.2, 0) is 19.5 Å². The van der Waals surface area contributed by atoms with Gasteiger partial charge in [0.05, 0.1) is 7.11 Å². The number of fused-ring (bicyclic) bond motifs is 1. The summed E-state index contributed by atoms with van der Waals surface area (Å²) in [5.74, 6) is 1.01. The summed E-state index contributed by atoms with van der Waals surface area (Å²) in [5.41, 5.74) is 4.16. The third-order valence-electron chi connectivity index (χ3n) is 3.86. The van der Waals surface area contributed by atoms with Crippen molar-refractivity contribution in [3.63, 3.8) is 0 Å². The zero-order valence-electron chi connectivity index (χ0n) is 11.9. The first-order valence-corrected chi connectivity index (χ1v) is 6.75. The maximum Gasteiger partial charge on any atom is 0.123 e. The molecule has 3 heteroatoms. The Morgan fingerprint density at radius 2 is 2.17 bits per heavy atom. The molecule has 1 aromatic rings. The van der Waals surface area contributed by atoms with Crippen molar-refractivity contribution >= 4 is 0 Å². The van der Waals surface area contributed by atoms with E-state index in [0.717, 1.165) is 31.8 Å². The molecule has 100 valence electrons. The van der Waals surface area contributed by atoms with Crippen LogP contribution in [0.2, 0.25) is 0 Å². The molecular formula is C15H24N2O. The van der Waals surface area contributed by atoms with Crippen LogP contribution in [0.5, 0.6) is 5.75 Å². The molecule has 1 heterocycles. The van der Waals surface area contributed by atoms with E-state index in [1.165, 1.54) is 16.7 Å². The predicted molar refractivity (Wildman–Crippen MR) is 75.0 cm³/mol. The van der Waals surface area contributed by atoms with Crippen molar-refractivity contribution in [1.29, 1.82) is 0 Å². The van der Waals surface area contributed by atoms with Gasteiger partial charge >= 0.3 is 0 Å². The van der Waals surface area contributed by atoms with Gasteiger partial charge in [-0.05, 0) is 44.1 Å². The second-order valence-electron chi connectivity index (χ2n) is 5.18. The lowest BCUT2D eigenvalue weighted by molar-refractivity contribution is 0.230. The number of hydrogen-bond acceptors (Lipinski definition) is 3. The fourth-order valence-electron chi connectivity index (χ4n) is 2.54. The highest BCUT2D eigenvalue weighted by Crippen LogP contribution is 2.29. The highest BCUT2D eigenvalue weighted by atomic mass is 16.5. The molecule has 0 radical (unpaired) electrons. The molecule has 18 heavy (non-hydrogen) atoms. The minimum Gasteiger partial charge on any atom is -0.496 e. The summed E-state index contributed by atoms with van der Waals surface area (Å²) in [6.07, 6.45) is 1.13. The largest absolute Gasteiger partial charge is 0.496 e. The van der Waals surface area contributed by atoms with E-state index in [9.17, 15) is 0 Å². The molecule has 1 aromatic carbocycles. The Labute approximate surface area is 110 Å². The molecule has 1 unspecified atom stereocenters. The molecule has 1 atom stereocenters. The van der Waals surface area contributed by atoms with Crippen LogP contribution in [0.3, 0.4) is 0 Å². The fourth-order valence-corrected chi connectivity index (χ4v) is 2.54. The molecule has 0 saturated carbocycles. The molecular weight excluding hydrogens is 224 g/mol. The lowest BCUT2D eigenvalue weighted by Gasteiger charge is -2.32. The molecule has 0 spiro atoms. The van der Waals surface area contributed by atoms with Crippen molar-refractivity contribution < 1.29 is 4.74 Å². The second kappa shape index (κ2) is 5.72. The van der Waals surface area contributed by atoms with Crippen molar-refractivity contribution in [3.05, 3.63) is 28.8 Å². The molecule has 0 fully saturated rings. The monoisotopic (exact) mass is 248 g/mol. The summed E-state index contributed by atoms with van der Waals surface area (Å²) in [6, 6.07) is 5.16. The van der Waals surface area contributed by atoms with Crippen LogP contribution in [0.25, 0.3) is 0 Å². The van der Waals surface area contributed by atoms with E-state index in [0.29, 0.717) is 6.04 Å². The first kappa shape index (κ1) is 13.4. The van der Waals surface area contributed by atoms with E-state index in [-0.39, 0.29) is 0 Å². The number of benzene rings is 1. The van der Waals surface area contributed by atoms with Crippen LogP contribution in [0, 0.1) is 0 Å². The summed E-state index contributed by atoms with van der Waals surface area (Å²) in [7, 11) is 3.94. The number of nitrogens with zero attached hydrogens (tertiary/aromatic N) is 1. The minimum absolute atomic E-state index is 0.623. The van der Waals surface area contributed by atoms with E-state index in [1.54, 1.807) is 7.11 Å². The zero-order chi connectivity index (χ0) is 13.1. The number of hydrogen-bond donors (Lipinski definition) is 1. The van der Waals surface area contributed by atoms with Crippen molar-refractivity contribution in [2.24, 2.45) is 0 Å². The highest BCUT2D eigenvalue weighted by Gasteiger charge is 2.21. The SMILES string of the molecule is CCNCc1cc2c(cc1OC)CN(C)C(C)C2. The smallest absolute Gasteiger partial charge is 0.123 e. The fraction of sp³-hybridized carbons (Fsp3) is 0.600. The Bertz CT molecular complexity index is 417. The summed E-state index contributed by atoms with van der Waals surface area (Å²) < 4.78 is 5.51. The van der Waals surface area contributed by atoms with Gasteiger partial charge in [0.2, 0.25) is 0 Å². The summed E-state index contributed by atoms with van der Waals surface area (Å²) >= 11 is 0. The number of likely N-dealkylation sites (N-methyl/N-ethyl adjacent to an activating group) is 1. The number of rotatable bonds is 4. The first-order chi connectivity index (χ1) is 8.65. The topological polar surface area (TPSA) is 24.5 Å². The van der Waals surface area contributed by atoms with Gasteiger partial charge in [0.1, 0.15) is 5.75 Å². The Morgan fingerprint density at radius 1 is 1.39 bits per heavy atom.